The van der Waals surface area contributed by atoms with Gasteiger partial charge in [-0.05, 0) is 55.8 Å². The van der Waals surface area contributed by atoms with Crippen LogP contribution in [0.15, 0.2) is 60.7 Å². The summed E-state index contributed by atoms with van der Waals surface area (Å²) in [5.74, 6) is 1.77. The number of fused-ring (bicyclic) bond motifs is 1. The Morgan fingerprint density at radius 2 is 1.54 bits per heavy atom. The number of nitrogens with two attached hydrogens (primary N) is 1. The lowest BCUT2D eigenvalue weighted by atomic mass is 10.1. The van der Waals surface area contributed by atoms with Crippen molar-refractivity contribution in [3.63, 3.8) is 0 Å². The minimum Gasteiger partial charge on any atom is -0.492 e. The van der Waals surface area contributed by atoms with Gasteiger partial charge in [0.25, 0.3) is 0 Å². The molecule has 0 atom stereocenters. The molecule has 28 heavy (non-hydrogen) atoms. The molecule has 3 aromatic carbocycles. The molecule has 1 fully saturated rings. The first-order valence-corrected chi connectivity index (χ1v) is 10.1. The fraction of sp³-hybridized carbons (Fsp3) is 0.333. The summed E-state index contributed by atoms with van der Waals surface area (Å²) in [6, 6.07) is 20.1. The van der Waals surface area contributed by atoms with E-state index in [1.165, 1.54) is 32.4 Å². The van der Waals surface area contributed by atoms with E-state index in [0.717, 1.165) is 46.7 Å². The summed E-state index contributed by atoms with van der Waals surface area (Å²) in [5, 5.41) is 2.07. The molecule has 146 valence electrons. The third kappa shape index (κ3) is 4.57. The number of ether oxygens (including phenoxy) is 2. The fourth-order valence-electron chi connectivity index (χ4n) is 3.74. The lowest BCUT2D eigenvalue weighted by Crippen LogP contribution is -2.33. The van der Waals surface area contributed by atoms with Crippen molar-refractivity contribution in [2.45, 2.75) is 25.9 Å². The first-order chi connectivity index (χ1) is 13.8. The van der Waals surface area contributed by atoms with E-state index in [9.17, 15) is 0 Å². The lowest BCUT2D eigenvalue weighted by molar-refractivity contribution is 0.183. The fourth-order valence-corrected chi connectivity index (χ4v) is 3.74. The number of benzene rings is 3. The Kier molecular flexibility index (Phi) is 5.98. The number of nitrogens with zero attached hydrogens (tertiary/aromatic N) is 1. The molecule has 0 aromatic heterocycles. The molecule has 0 radical (unpaired) electrons. The van der Waals surface area contributed by atoms with Crippen molar-refractivity contribution in [1.82, 2.24) is 4.90 Å². The molecule has 1 aliphatic rings. The van der Waals surface area contributed by atoms with Gasteiger partial charge in [0.05, 0.1) is 0 Å². The van der Waals surface area contributed by atoms with Crippen LogP contribution < -0.4 is 15.2 Å². The highest BCUT2D eigenvalue weighted by atomic mass is 16.5. The van der Waals surface area contributed by atoms with E-state index in [1.54, 1.807) is 0 Å². The van der Waals surface area contributed by atoms with Crippen LogP contribution in [0, 0.1) is 0 Å². The second kappa shape index (κ2) is 8.98. The zero-order valence-electron chi connectivity index (χ0n) is 16.3. The second-order valence-corrected chi connectivity index (χ2v) is 7.38. The smallest absolute Gasteiger partial charge is 0.127 e. The molecule has 0 unspecified atom stereocenters. The molecular formula is C24H28N2O2. The molecule has 1 heterocycles. The predicted molar refractivity (Wildman–Crippen MR) is 115 cm³/mol. The molecule has 0 spiro atoms. The minimum absolute atomic E-state index is 0.516. The van der Waals surface area contributed by atoms with E-state index in [1.807, 2.05) is 48.5 Å². The largest absolute Gasteiger partial charge is 0.492 e. The van der Waals surface area contributed by atoms with Gasteiger partial charge in [0.15, 0.2) is 0 Å². The number of likely N-dealkylation sites (tertiary alicyclic amines) is 1. The second-order valence-electron chi connectivity index (χ2n) is 7.38. The highest BCUT2D eigenvalue weighted by molar-refractivity contribution is 5.96. The van der Waals surface area contributed by atoms with Crippen LogP contribution in [0.3, 0.4) is 0 Å². The molecule has 3 aromatic rings. The van der Waals surface area contributed by atoms with Gasteiger partial charge >= 0.3 is 0 Å². The summed E-state index contributed by atoms with van der Waals surface area (Å²) in [6.07, 6.45) is 4.00. The van der Waals surface area contributed by atoms with Crippen LogP contribution in [0.5, 0.6) is 11.5 Å². The van der Waals surface area contributed by atoms with Crippen molar-refractivity contribution in [1.29, 1.82) is 0 Å². The van der Waals surface area contributed by atoms with E-state index in [-0.39, 0.29) is 0 Å². The molecule has 0 aliphatic carbocycles. The lowest BCUT2D eigenvalue weighted by Gasteiger charge is -2.26. The van der Waals surface area contributed by atoms with Crippen molar-refractivity contribution < 1.29 is 9.47 Å². The van der Waals surface area contributed by atoms with Crippen LogP contribution in [0.25, 0.3) is 10.8 Å². The summed E-state index contributed by atoms with van der Waals surface area (Å²) in [7, 11) is 0. The Balaban J connectivity index is 1.31. The van der Waals surface area contributed by atoms with Gasteiger partial charge in [0, 0.05) is 23.0 Å². The molecule has 1 saturated heterocycles. The summed E-state index contributed by atoms with van der Waals surface area (Å²) in [4.78, 5) is 2.49. The van der Waals surface area contributed by atoms with Crippen molar-refractivity contribution in [3.8, 4) is 11.5 Å². The van der Waals surface area contributed by atoms with Crippen LogP contribution in [0.2, 0.25) is 0 Å². The van der Waals surface area contributed by atoms with Gasteiger partial charge < -0.3 is 15.2 Å². The maximum atomic E-state index is 6.06. The van der Waals surface area contributed by atoms with Crippen molar-refractivity contribution in [2.75, 3.05) is 32.0 Å². The number of nitrogen functional groups attached to an aromatic ring is 1. The molecule has 4 heteroatoms. The number of piperidine rings is 1. The van der Waals surface area contributed by atoms with Crippen LogP contribution in [-0.2, 0) is 6.61 Å². The standard InChI is InChI=1S/C24H28N2O2/c25-23-12-13-24(22-7-3-2-6-21(22)23)28-18-19-8-10-20(11-9-19)27-17-16-26-14-4-1-5-15-26/h2-3,6-13H,1,4-5,14-18,25H2. The number of rotatable bonds is 7. The molecule has 1 aliphatic heterocycles. The Bertz CT molecular complexity index is 902. The third-order valence-electron chi connectivity index (χ3n) is 5.36. The summed E-state index contributed by atoms with van der Waals surface area (Å²) < 4.78 is 12.0. The maximum Gasteiger partial charge on any atom is 0.127 e. The Labute approximate surface area is 166 Å². The summed E-state index contributed by atoms with van der Waals surface area (Å²) in [5.41, 5.74) is 7.95. The van der Waals surface area contributed by atoms with Gasteiger partial charge in [0.2, 0.25) is 0 Å². The van der Waals surface area contributed by atoms with E-state index in [4.69, 9.17) is 15.2 Å². The normalized spacial score (nSPS) is 14.9. The number of hydrogen-bond acceptors (Lipinski definition) is 4. The third-order valence-corrected chi connectivity index (χ3v) is 5.36. The van der Waals surface area contributed by atoms with Crippen LogP contribution in [-0.4, -0.2) is 31.1 Å². The first-order valence-electron chi connectivity index (χ1n) is 10.1. The van der Waals surface area contributed by atoms with Gasteiger partial charge in [-0.15, -0.1) is 0 Å². The first kappa shape index (κ1) is 18.6. The molecule has 4 nitrogen and oxygen atoms in total. The summed E-state index contributed by atoms with van der Waals surface area (Å²) >= 11 is 0. The van der Waals surface area contributed by atoms with Crippen molar-refractivity contribution in [2.24, 2.45) is 0 Å². The SMILES string of the molecule is Nc1ccc(OCc2ccc(OCCN3CCCCC3)cc2)c2ccccc12. The highest BCUT2D eigenvalue weighted by Gasteiger charge is 2.09. The Morgan fingerprint density at radius 3 is 2.32 bits per heavy atom. The predicted octanol–water partition coefficient (Wildman–Crippen LogP) is 4.87. The minimum atomic E-state index is 0.516. The van der Waals surface area contributed by atoms with E-state index in [0.29, 0.717) is 6.61 Å². The van der Waals surface area contributed by atoms with E-state index in [2.05, 4.69) is 17.0 Å². The van der Waals surface area contributed by atoms with Crippen LogP contribution >= 0.6 is 0 Å². The Hall–Kier alpha value is -2.72. The number of hydrogen-bond donors (Lipinski definition) is 1. The molecule has 4 rings (SSSR count). The van der Waals surface area contributed by atoms with Gasteiger partial charge in [-0.3, -0.25) is 4.90 Å². The van der Waals surface area contributed by atoms with E-state index >= 15 is 0 Å². The maximum absolute atomic E-state index is 6.06. The quantitative estimate of drug-likeness (QED) is 0.598. The molecule has 0 bridgehead atoms. The monoisotopic (exact) mass is 376 g/mol. The van der Waals surface area contributed by atoms with Crippen molar-refractivity contribution in [3.05, 3.63) is 66.2 Å². The summed E-state index contributed by atoms with van der Waals surface area (Å²) in [6.45, 7) is 4.68. The zero-order chi connectivity index (χ0) is 19.2. The Morgan fingerprint density at radius 1 is 0.786 bits per heavy atom. The van der Waals surface area contributed by atoms with Gasteiger partial charge in [0.1, 0.15) is 24.7 Å². The average Bonchev–Trinajstić information content (AvgIpc) is 2.75. The van der Waals surface area contributed by atoms with Gasteiger partial charge in [-0.1, -0.05) is 42.8 Å². The molecule has 0 saturated carbocycles. The van der Waals surface area contributed by atoms with Gasteiger partial charge in [-0.25, -0.2) is 0 Å². The molecule has 2 N–H and O–H groups in total. The van der Waals surface area contributed by atoms with Gasteiger partial charge in [-0.2, -0.15) is 0 Å². The van der Waals surface area contributed by atoms with E-state index < -0.39 is 0 Å². The van der Waals surface area contributed by atoms with Crippen LogP contribution in [0.1, 0.15) is 24.8 Å². The molecule has 0 amide bonds. The topological polar surface area (TPSA) is 47.7 Å². The zero-order valence-corrected chi connectivity index (χ0v) is 16.3. The number of anilines is 1. The van der Waals surface area contributed by atoms with Crippen molar-refractivity contribution >= 4 is 16.5 Å². The van der Waals surface area contributed by atoms with Crippen LogP contribution in [0.4, 0.5) is 5.69 Å². The highest BCUT2D eigenvalue weighted by Crippen LogP contribution is 2.30. The average molecular weight is 377 g/mol. The molecular weight excluding hydrogens is 348 g/mol.